The molecule has 0 saturated heterocycles. The SMILES string of the molecule is C/C=C\COCCCCCCC.C=C/C=C/Nc1nc(-c2cc3cnccc3o2)cs1. The number of aromatic nitrogens is 2. The van der Waals surface area contributed by atoms with Gasteiger partial charge in [0.05, 0.1) is 6.61 Å². The number of furan rings is 1. The van der Waals surface area contributed by atoms with Crippen molar-refractivity contribution < 1.29 is 9.15 Å². The first-order valence-electron chi connectivity index (χ1n) is 10.8. The quantitative estimate of drug-likeness (QED) is 0.179. The zero-order valence-electron chi connectivity index (χ0n) is 18.5. The molecule has 1 N–H and O–H groups in total. The molecule has 3 aromatic rings. The molecule has 3 aromatic heterocycles. The molecule has 0 saturated carbocycles. The summed E-state index contributed by atoms with van der Waals surface area (Å²) in [6, 6.07) is 3.79. The smallest absolute Gasteiger partial charge is 0.187 e. The number of unbranched alkanes of at least 4 members (excludes halogenated alkanes) is 4. The van der Waals surface area contributed by atoms with Crippen LogP contribution in [0.4, 0.5) is 5.13 Å². The number of hydrogen-bond acceptors (Lipinski definition) is 6. The normalized spacial score (nSPS) is 11.2. The molecule has 31 heavy (non-hydrogen) atoms. The molecule has 166 valence electrons. The van der Waals surface area contributed by atoms with Crippen LogP contribution in [0.5, 0.6) is 0 Å². The van der Waals surface area contributed by atoms with Crippen LogP contribution >= 0.6 is 11.3 Å². The zero-order chi connectivity index (χ0) is 22.2. The van der Waals surface area contributed by atoms with E-state index in [-0.39, 0.29) is 0 Å². The van der Waals surface area contributed by atoms with E-state index < -0.39 is 0 Å². The van der Waals surface area contributed by atoms with Gasteiger partial charge in [-0.25, -0.2) is 4.98 Å². The zero-order valence-corrected chi connectivity index (χ0v) is 19.4. The highest BCUT2D eigenvalue weighted by Gasteiger charge is 2.09. The van der Waals surface area contributed by atoms with Gasteiger partial charge in [-0.15, -0.1) is 11.3 Å². The molecule has 0 aliphatic rings. The molecule has 3 rings (SSSR count). The van der Waals surface area contributed by atoms with Crippen molar-refractivity contribution in [3.8, 4) is 11.5 Å². The van der Waals surface area contributed by atoms with Crippen molar-refractivity contribution in [1.82, 2.24) is 9.97 Å². The average Bonchev–Trinajstić information content (AvgIpc) is 3.43. The van der Waals surface area contributed by atoms with Gasteiger partial charge in [0.15, 0.2) is 10.9 Å². The number of nitrogens with zero attached hydrogens (tertiary/aromatic N) is 2. The summed E-state index contributed by atoms with van der Waals surface area (Å²) in [6.45, 7) is 9.57. The third kappa shape index (κ3) is 9.32. The molecule has 3 heterocycles. The summed E-state index contributed by atoms with van der Waals surface area (Å²) in [5.74, 6) is 0.750. The highest BCUT2D eigenvalue weighted by Crippen LogP contribution is 2.29. The first-order chi connectivity index (χ1) is 15.3. The summed E-state index contributed by atoms with van der Waals surface area (Å²) in [5, 5.41) is 6.81. The molecule has 0 fully saturated rings. The predicted octanol–water partition coefficient (Wildman–Crippen LogP) is 7.61. The van der Waals surface area contributed by atoms with E-state index in [0.717, 1.165) is 40.8 Å². The highest BCUT2D eigenvalue weighted by atomic mass is 32.1. The number of thiazole rings is 1. The van der Waals surface area contributed by atoms with Gasteiger partial charge in [-0.3, -0.25) is 4.98 Å². The molecule has 0 aromatic carbocycles. The minimum atomic E-state index is 0.750. The van der Waals surface area contributed by atoms with E-state index >= 15 is 0 Å². The van der Waals surface area contributed by atoms with Gasteiger partial charge < -0.3 is 14.5 Å². The largest absolute Gasteiger partial charge is 0.454 e. The number of fused-ring (bicyclic) bond motifs is 1. The number of anilines is 1. The number of hydrogen-bond donors (Lipinski definition) is 1. The standard InChI is InChI=1S/C14H11N3OS.C11H22O/c1-2-3-5-16-14-17-11(9-19-14)13-7-10-8-15-6-4-12(10)18-13;1-3-5-7-8-9-11-12-10-6-4-2/h2-9H,1H2,(H,16,17);4,6H,3,5,7-11H2,1-2H3/b5-3+;6-4-. The van der Waals surface area contributed by atoms with Gasteiger partial charge in [-0.2, -0.15) is 0 Å². The Morgan fingerprint density at radius 2 is 2.13 bits per heavy atom. The molecule has 0 spiro atoms. The Morgan fingerprint density at radius 3 is 2.90 bits per heavy atom. The van der Waals surface area contributed by atoms with Crippen molar-refractivity contribution in [3.63, 3.8) is 0 Å². The van der Waals surface area contributed by atoms with Gasteiger partial charge in [0, 0.05) is 36.0 Å². The van der Waals surface area contributed by atoms with Crippen molar-refractivity contribution in [2.45, 2.75) is 46.0 Å². The Morgan fingerprint density at radius 1 is 1.26 bits per heavy atom. The summed E-state index contributed by atoms with van der Waals surface area (Å²) in [4.78, 5) is 8.52. The first kappa shape index (κ1) is 24.6. The Balaban J connectivity index is 0.000000248. The molecule has 5 nitrogen and oxygen atoms in total. The second-order valence-corrected chi connectivity index (χ2v) is 7.72. The van der Waals surface area contributed by atoms with Gasteiger partial charge in [0.2, 0.25) is 0 Å². The topological polar surface area (TPSA) is 60.2 Å². The van der Waals surface area contributed by atoms with Gasteiger partial charge in [-0.05, 0) is 31.6 Å². The molecule has 0 amide bonds. The van der Waals surface area contributed by atoms with E-state index in [1.54, 1.807) is 24.7 Å². The summed E-state index contributed by atoms with van der Waals surface area (Å²) < 4.78 is 11.1. The Kier molecular flexibility index (Phi) is 12.0. The van der Waals surface area contributed by atoms with Crippen LogP contribution < -0.4 is 5.32 Å². The number of rotatable bonds is 12. The monoisotopic (exact) mass is 439 g/mol. The van der Waals surface area contributed by atoms with E-state index in [0.29, 0.717) is 0 Å². The Labute approximate surface area is 189 Å². The van der Waals surface area contributed by atoms with E-state index in [1.165, 1.54) is 43.4 Å². The fourth-order valence-electron chi connectivity index (χ4n) is 2.71. The lowest BCUT2D eigenvalue weighted by Gasteiger charge is -2.00. The van der Waals surface area contributed by atoms with E-state index in [9.17, 15) is 0 Å². The summed E-state index contributed by atoms with van der Waals surface area (Å²) in [6.07, 6.45) is 19.5. The fourth-order valence-corrected chi connectivity index (χ4v) is 3.39. The maximum absolute atomic E-state index is 5.74. The van der Waals surface area contributed by atoms with E-state index in [1.807, 2.05) is 42.7 Å². The van der Waals surface area contributed by atoms with Crippen molar-refractivity contribution in [2.75, 3.05) is 18.5 Å². The average molecular weight is 440 g/mol. The predicted molar refractivity (Wildman–Crippen MR) is 132 cm³/mol. The number of nitrogens with one attached hydrogen (secondary N) is 1. The van der Waals surface area contributed by atoms with Crippen LogP contribution in [0.25, 0.3) is 22.4 Å². The number of allylic oxidation sites excluding steroid dienone is 3. The van der Waals surface area contributed by atoms with Crippen LogP contribution in [0.3, 0.4) is 0 Å². The van der Waals surface area contributed by atoms with Crippen LogP contribution in [-0.4, -0.2) is 23.2 Å². The summed E-state index contributed by atoms with van der Waals surface area (Å²) in [7, 11) is 0. The summed E-state index contributed by atoms with van der Waals surface area (Å²) in [5.41, 5.74) is 1.63. The number of pyridine rings is 1. The van der Waals surface area contributed by atoms with Crippen molar-refractivity contribution in [1.29, 1.82) is 0 Å². The maximum atomic E-state index is 5.74. The maximum Gasteiger partial charge on any atom is 0.187 e. The van der Waals surface area contributed by atoms with E-state index in [2.05, 4.69) is 28.8 Å². The van der Waals surface area contributed by atoms with Crippen LogP contribution in [0.1, 0.15) is 46.0 Å². The van der Waals surface area contributed by atoms with Crippen LogP contribution in [0.2, 0.25) is 0 Å². The Hall–Kier alpha value is -2.70. The van der Waals surface area contributed by atoms with Gasteiger partial charge >= 0.3 is 0 Å². The van der Waals surface area contributed by atoms with Gasteiger partial charge in [0.1, 0.15) is 11.3 Å². The molecule has 0 unspecified atom stereocenters. The molecule has 0 aliphatic heterocycles. The second kappa shape index (κ2) is 15.2. The van der Waals surface area contributed by atoms with Crippen molar-refractivity contribution in [2.24, 2.45) is 0 Å². The molecule has 0 radical (unpaired) electrons. The molecule has 6 heteroatoms. The molecular formula is C25H33N3O2S. The van der Waals surface area contributed by atoms with Crippen molar-refractivity contribution in [3.05, 3.63) is 67.0 Å². The van der Waals surface area contributed by atoms with Crippen LogP contribution in [-0.2, 0) is 4.74 Å². The van der Waals surface area contributed by atoms with Crippen molar-refractivity contribution >= 4 is 27.4 Å². The molecule has 0 bridgehead atoms. The lowest BCUT2D eigenvalue weighted by Crippen LogP contribution is -1.93. The molecular weight excluding hydrogens is 406 g/mol. The molecule has 0 atom stereocenters. The molecule has 0 aliphatic carbocycles. The Bertz CT molecular complexity index is 910. The van der Waals surface area contributed by atoms with E-state index in [4.69, 9.17) is 9.15 Å². The highest BCUT2D eigenvalue weighted by molar-refractivity contribution is 7.14. The van der Waals surface area contributed by atoms with Gasteiger partial charge in [-0.1, -0.05) is 57.4 Å². The third-order valence-corrected chi connectivity index (χ3v) is 5.13. The fraction of sp³-hybridized carbons (Fsp3) is 0.360. The number of ether oxygens (including phenoxy) is 1. The summed E-state index contributed by atoms with van der Waals surface area (Å²) >= 11 is 1.52. The van der Waals surface area contributed by atoms with Crippen LogP contribution in [0, 0.1) is 0 Å². The minimum absolute atomic E-state index is 0.750. The van der Waals surface area contributed by atoms with Crippen LogP contribution in [0.15, 0.2) is 71.4 Å². The minimum Gasteiger partial charge on any atom is -0.454 e. The third-order valence-electron chi connectivity index (χ3n) is 4.35. The van der Waals surface area contributed by atoms with Gasteiger partial charge in [0.25, 0.3) is 0 Å². The second-order valence-electron chi connectivity index (χ2n) is 6.86. The lowest BCUT2D eigenvalue weighted by molar-refractivity contribution is 0.157. The first-order valence-corrected chi connectivity index (χ1v) is 11.7. The lowest BCUT2D eigenvalue weighted by atomic mass is 10.2.